The minimum Gasteiger partial charge on any atom is -0.484 e. The summed E-state index contributed by atoms with van der Waals surface area (Å²) in [7, 11) is 0. The standard InChI is InChI=1S/C17H15F4NO2/c1-11-5-6-12(7-15(11)18)9-22-16(23)10-24-14-4-2-3-13(8-14)17(19,20)21/h2-8H,9-10H2,1H3,(H,22,23). The molecular formula is C17H15F4NO2. The Morgan fingerprint density at radius 1 is 1.17 bits per heavy atom. The zero-order chi connectivity index (χ0) is 17.7. The Morgan fingerprint density at radius 3 is 2.58 bits per heavy atom. The highest BCUT2D eigenvalue weighted by atomic mass is 19.4. The molecule has 1 amide bonds. The van der Waals surface area contributed by atoms with Crippen molar-refractivity contribution in [2.45, 2.75) is 19.6 Å². The maximum Gasteiger partial charge on any atom is 0.416 e. The van der Waals surface area contributed by atoms with Crippen LogP contribution in [0.25, 0.3) is 0 Å². The van der Waals surface area contributed by atoms with Crippen molar-refractivity contribution in [3.05, 3.63) is 65.0 Å². The molecule has 0 bridgehead atoms. The average Bonchev–Trinajstić information content (AvgIpc) is 2.53. The van der Waals surface area contributed by atoms with Gasteiger partial charge in [0.05, 0.1) is 5.56 Å². The molecule has 2 aromatic carbocycles. The number of hydrogen-bond donors (Lipinski definition) is 1. The number of alkyl halides is 3. The molecule has 3 nitrogen and oxygen atoms in total. The van der Waals surface area contributed by atoms with Gasteiger partial charge in [0.1, 0.15) is 11.6 Å². The summed E-state index contributed by atoms with van der Waals surface area (Å²) in [5, 5.41) is 2.51. The molecule has 0 aliphatic rings. The van der Waals surface area contributed by atoms with Gasteiger partial charge in [-0.05, 0) is 42.3 Å². The van der Waals surface area contributed by atoms with Crippen LogP contribution in [0.5, 0.6) is 5.75 Å². The van der Waals surface area contributed by atoms with Crippen LogP contribution in [-0.2, 0) is 17.5 Å². The molecule has 0 aliphatic carbocycles. The number of hydrogen-bond acceptors (Lipinski definition) is 2. The average molecular weight is 341 g/mol. The molecule has 0 saturated carbocycles. The maximum absolute atomic E-state index is 13.4. The molecule has 0 fully saturated rings. The van der Waals surface area contributed by atoms with E-state index >= 15 is 0 Å². The summed E-state index contributed by atoms with van der Waals surface area (Å²) in [6, 6.07) is 8.84. The highest BCUT2D eigenvalue weighted by Gasteiger charge is 2.30. The number of benzene rings is 2. The van der Waals surface area contributed by atoms with Crippen molar-refractivity contribution in [3.8, 4) is 5.75 Å². The normalized spacial score (nSPS) is 11.2. The third-order valence-electron chi connectivity index (χ3n) is 3.26. The predicted octanol–water partition coefficient (Wildman–Crippen LogP) is 3.85. The SMILES string of the molecule is Cc1ccc(CNC(=O)COc2cccc(C(F)(F)F)c2)cc1F. The van der Waals surface area contributed by atoms with Crippen molar-refractivity contribution in [1.29, 1.82) is 0 Å². The lowest BCUT2D eigenvalue weighted by Gasteiger charge is -2.10. The first-order chi connectivity index (χ1) is 11.3. The first-order valence-corrected chi connectivity index (χ1v) is 7.07. The van der Waals surface area contributed by atoms with Gasteiger partial charge in [0, 0.05) is 6.54 Å². The van der Waals surface area contributed by atoms with Crippen LogP contribution >= 0.6 is 0 Å². The van der Waals surface area contributed by atoms with E-state index in [0.717, 1.165) is 12.1 Å². The number of carbonyl (C=O) groups is 1. The number of carbonyl (C=O) groups excluding carboxylic acids is 1. The second kappa shape index (κ2) is 7.33. The smallest absolute Gasteiger partial charge is 0.416 e. The van der Waals surface area contributed by atoms with Gasteiger partial charge < -0.3 is 10.1 Å². The van der Waals surface area contributed by atoms with Gasteiger partial charge in [0.2, 0.25) is 0 Å². The van der Waals surface area contributed by atoms with E-state index in [-0.39, 0.29) is 18.1 Å². The Kier molecular flexibility index (Phi) is 5.43. The summed E-state index contributed by atoms with van der Waals surface area (Å²) >= 11 is 0. The lowest BCUT2D eigenvalue weighted by Crippen LogP contribution is -2.28. The Labute approximate surface area is 136 Å². The summed E-state index contributed by atoms with van der Waals surface area (Å²) in [5.41, 5.74) is 0.221. The molecule has 0 aliphatic heterocycles. The maximum atomic E-state index is 13.4. The van der Waals surface area contributed by atoms with Gasteiger partial charge >= 0.3 is 6.18 Å². The van der Waals surface area contributed by atoms with E-state index in [1.807, 2.05) is 0 Å². The van der Waals surface area contributed by atoms with Gasteiger partial charge in [0.15, 0.2) is 6.61 Å². The van der Waals surface area contributed by atoms with Crippen molar-refractivity contribution < 1.29 is 27.1 Å². The highest BCUT2D eigenvalue weighted by molar-refractivity contribution is 5.77. The van der Waals surface area contributed by atoms with Crippen molar-refractivity contribution in [1.82, 2.24) is 5.32 Å². The monoisotopic (exact) mass is 341 g/mol. The lowest BCUT2D eigenvalue weighted by molar-refractivity contribution is -0.137. The third-order valence-corrected chi connectivity index (χ3v) is 3.26. The van der Waals surface area contributed by atoms with E-state index in [1.165, 1.54) is 18.2 Å². The number of ether oxygens (including phenoxy) is 1. The fourth-order valence-electron chi connectivity index (χ4n) is 1.91. The molecule has 0 saturated heterocycles. The van der Waals surface area contributed by atoms with Crippen LogP contribution < -0.4 is 10.1 Å². The number of rotatable bonds is 5. The molecule has 0 heterocycles. The molecule has 0 unspecified atom stereocenters. The zero-order valence-corrected chi connectivity index (χ0v) is 12.8. The molecule has 0 radical (unpaired) electrons. The molecule has 2 rings (SSSR count). The van der Waals surface area contributed by atoms with Gasteiger partial charge in [-0.25, -0.2) is 4.39 Å². The largest absolute Gasteiger partial charge is 0.484 e. The Bertz CT molecular complexity index is 729. The number of aryl methyl sites for hydroxylation is 1. The molecule has 1 N–H and O–H groups in total. The third kappa shape index (κ3) is 4.97. The minimum atomic E-state index is -4.48. The van der Waals surface area contributed by atoms with Crippen LogP contribution in [-0.4, -0.2) is 12.5 Å². The Morgan fingerprint density at radius 2 is 1.92 bits per heavy atom. The molecule has 2 aromatic rings. The second-order valence-electron chi connectivity index (χ2n) is 5.17. The summed E-state index contributed by atoms with van der Waals surface area (Å²) < 4.78 is 56.1. The molecule has 0 atom stereocenters. The van der Waals surface area contributed by atoms with Crippen LogP contribution in [0.2, 0.25) is 0 Å². The summed E-state index contributed by atoms with van der Waals surface area (Å²) in [6.07, 6.45) is -4.48. The van der Waals surface area contributed by atoms with Crippen LogP contribution in [0.4, 0.5) is 17.6 Å². The summed E-state index contributed by atoms with van der Waals surface area (Å²) in [4.78, 5) is 11.7. The van der Waals surface area contributed by atoms with Crippen LogP contribution in [0.3, 0.4) is 0 Å². The van der Waals surface area contributed by atoms with Gasteiger partial charge in [-0.3, -0.25) is 4.79 Å². The van der Waals surface area contributed by atoms with E-state index in [1.54, 1.807) is 19.1 Å². The molecule has 24 heavy (non-hydrogen) atoms. The molecule has 128 valence electrons. The molecule has 0 aromatic heterocycles. The van der Waals surface area contributed by atoms with E-state index in [2.05, 4.69) is 5.32 Å². The molecule has 0 spiro atoms. The van der Waals surface area contributed by atoms with Crippen molar-refractivity contribution in [3.63, 3.8) is 0 Å². The minimum absolute atomic E-state index is 0.0543. The Balaban J connectivity index is 1.86. The topological polar surface area (TPSA) is 38.3 Å². The predicted molar refractivity (Wildman–Crippen MR) is 79.9 cm³/mol. The van der Waals surface area contributed by atoms with Crippen molar-refractivity contribution in [2.24, 2.45) is 0 Å². The Hall–Kier alpha value is -2.57. The van der Waals surface area contributed by atoms with Crippen LogP contribution in [0.15, 0.2) is 42.5 Å². The molecular weight excluding hydrogens is 326 g/mol. The first-order valence-electron chi connectivity index (χ1n) is 7.07. The highest BCUT2D eigenvalue weighted by Crippen LogP contribution is 2.31. The van der Waals surface area contributed by atoms with E-state index in [4.69, 9.17) is 4.74 Å². The fourth-order valence-corrected chi connectivity index (χ4v) is 1.91. The van der Waals surface area contributed by atoms with Gasteiger partial charge in [-0.1, -0.05) is 18.2 Å². The summed E-state index contributed by atoms with van der Waals surface area (Å²) in [5.74, 6) is -0.947. The van der Waals surface area contributed by atoms with E-state index < -0.39 is 24.3 Å². The van der Waals surface area contributed by atoms with Crippen molar-refractivity contribution >= 4 is 5.91 Å². The van der Waals surface area contributed by atoms with E-state index in [0.29, 0.717) is 11.1 Å². The van der Waals surface area contributed by atoms with Gasteiger partial charge in [-0.15, -0.1) is 0 Å². The van der Waals surface area contributed by atoms with Gasteiger partial charge in [-0.2, -0.15) is 13.2 Å². The lowest BCUT2D eigenvalue weighted by atomic mass is 10.1. The van der Waals surface area contributed by atoms with Crippen LogP contribution in [0, 0.1) is 12.7 Å². The van der Waals surface area contributed by atoms with E-state index in [9.17, 15) is 22.4 Å². The number of amides is 1. The fraction of sp³-hybridized carbons (Fsp3) is 0.235. The second-order valence-corrected chi connectivity index (χ2v) is 5.17. The summed E-state index contributed by atoms with van der Waals surface area (Å²) in [6.45, 7) is 1.29. The molecule has 7 heteroatoms. The quantitative estimate of drug-likeness (QED) is 0.839. The number of nitrogens with one attached hydrogen (secondary N) is 1. The number of halogens is 4. The van der Waals surface area contributed by atoms with Gasteiger partial charge in [0.25, 0.3) is 5.91 Å². The van der Waals surface area contributed by atoms with Crippen LogP contribution in [0.1, 0.15) is 16.7 Å². The zero-order valence-electron chi connectivity index (χ0n) is 12.8. The first kappa shape index (κ1) is 17.8. The van der Waals surface area contributed by atoms with Crippen molar-refractivity contribution in [2.75, 3.05) is 6.61 Å².